The van der Waals surface area contributed by atoms with E-state index in [1.165, 1.54) is 25.7 Å². The molecule has 1 aliphatic heterocycles. The summed E-state index contributed by atoms with van der Waals surface area (Å²) in [6, 6.07) is 7.96. The van der Waals surface area contributed by atoms with Gasteiger partial charge in [-0.25, -0.2) is 0 Å². The summed E-state index contributed by atoms with van der Waals surface area (Å²) in [5, 5.41) is 11.1. The molecule has 1 heterocycles. The molecule has 3 atom stereocenters. The van der Waals surface area contributed by atoms with Crippen molar-refractivity contribution >= 4 is 5.69 Å². The van der Waals surface area contributed by atoms with Crippen LogP contribution in [0.1, 0.15) is 31.2 Å². The maximum Gasteiger partial charge on any atom is 0.273 e. The standard InChI is InChI=1S/C18H25N3O2/c22-21(23)17-4-2-1-3-16(17)13-19-7-9-20(10-8-19)18-12-14-5-6-15(18)11-14/h1-4,14-15,18H,5-13H2/t14-,15-,18+/m1/s1. The van der Waals surface area contributed by atoms with E-state index in [9.17, 15) is 10.1 Å². The lowest BCUT2D eigenvalue weighted by molar-refractivity contribution is -0.385. The third-order valence-corrected chi connectivity index (χ3v) is 6.16. The van der Waals surface area contributed by atoms with Crippen LogP contribution in [0.3, 0.4) is 0 Å². The molecular formula is C18H25N3O2. The van der Waals surface area contributed by atoms with Crippen LogP contribution in [-0.4, -0.2) is 46.9 Å². The molecule has 5 heteroatoms. The van der Waals surface area contributed by atoms with E-state index in [4.69, 9.17) is 0 Å². The summed E-state index contributed by atoms with van der Waals surface area (Å²) in [5.74, 6) is 1.94. The Morgan fingerprint density at radius 2 is 1.87 bits per heavy atom. The van der Waals surface area contributed by atoms with Gasteiger partial charge in [0.05, 0.1) is 4.92 Å². The highest BCUT2D eigenvalue weighted by Gasteiger charge is 2.42. The molecule has 4 rings (SSSR count). The molecule has 0 amide bonds. The van der Waals surface area contributed by atoms with Gasteiger partial charge in [-0.1, -0.05) is 24.6 Å². The van der Waals surface area contributed by atoms with E-state index in [2.05, 4.69) is 9.80 Å². The average Bonchev–Trinajstić information content (AvgIpc) is 3.19. The van der Waals surface area contributed by atoms with Crippen LogP contribution < -0.4 is 0 Å². The number of nitrogens with zero attached hydrogens (tertiary/aromatic N) is 3. The number of benzene rings is 1. The zero-order chi connectivity index (χ0) is 15.8. The number of piperazine rings is 1. The molecule has 3 aliphatic rings. The molecule has 1 aromatic rings. The molecule has 0 spiro atoms. The second-order valence-electron chi connectivity index (χ2n) is 7.44. The molecule has 0 N–H and O–H groups in total. The highest BCUT2D eigenvalue weighted by molar-refractivity contribution is 5.39. The first-order valence-corrected chi connectivity index (χ1v) is 8.89. The Bertz CT molecular complexity index is 583. The van der Waals surface area contributed by atoms with E-state index in [0.717, 1.165) is 49.6 Å². The van der Waals surface area contributed by atoms with Crippen molar-refractivity contribution in [1.82, 2.24) is 9.80 Å². The van der Waals surface area contributed by atoms with Gasteiger partial charge in [-0.2, -0.15) is 0 Å². The van der Waals surface area contributed by atoms with Gasteiger partial charge in [-0.15, -0.1) is 0 Å². The minimum atomic E-state index is -0.263. The topological polar surface area (TPSA) is 49.6 Å². The van der Waals surface area contributed by atoms with Crippen LogP contribution in [0, 0.1) is 22.0 Å². The maximum atomic E-state index is 11.1. The van der Waals surface area contributed by atoms with Crippen molar-refractivity contribution in [3.8, 4) is 0 Å². The van der Waals surface area contributed by atoms with E-state index >= 15 is 0 Å². The Kier molecular flexibility index (Phi) is 4.07. The minimum absolute atomic E-state index is 0.253. The number of fused-ring (bicyclic) bond motifs is 2. The molecule has 2 bridgehead atoms. The molecule has 2 saturated carbocycles. The molecule has 1 aromatic carbocycles. The van der Waals surface area contributed by atoms with E-state index in [-0.39, 0.29) is 10.6 Å². The number of hydrogen-bond acceptors (Lipinski definition) is 4. The molecule has 0 radical (unpaired) electrons. The van der Waals surface area contributed by atoms with Crippen molar-refractivity contribution in [1.29, 1.82) is 0 Å². The Morgan fingerprint density at radius 3 is 2.52 bits per heavy atom. The van der Waals surface area contributed by atoms with Gasteiger partial charge in [-0.05, 0) is 31.1 Å². The third kappa shape index (κ3) is 3.00. The molecule has 1 saturated heterocycles. The smallest absolute Gasteiger partial charge is 0.273 e. The van der Waals surface area contributed by atoms with Gasteiger partial charge in [-0.3, -0.25) is 19.9 Å². The number of para-hydroxylation sites is 1. The number of nitro benzene ring substituents is 1. The van der Waals surface area contributed by atoms with Crippen LogP contribution in [0.4, 0.5) is 5.69 Å². The molecule has 23 heavy (non-hydrogen) atoms. The Morgan fingerprint density at radius 1 is 1.09 bits per heavy atom. The van der Waals surface area contributed by atoms with E-state index in [0.29, 0.717) is 6.54 Å². The van der Waals surface area contributed by atoms with Gasteiger partial charge in [0.1, 0.15) is 0 Å². The van der Waals surface area contributed by atoms with Crippen molar-refractivity contribution in [3.05, 3.63) is 39.9 Å². The highest BCUT2D eigenvalue weighted by Crippen LogP contribution is 2.46. The number of rotatable bonds is 4. The number of nitro groups is 1. The van der Waals surface area contributed by atoms with Crippen LogP contribution in [0.2, 0.25) is 0 Å². The molecule has 124 valence electrons. The normalized spacial score (nSPS) is 31.6. The fraction of sp³-hybridized carbons (Fsp3) is 0.667. The van der Waals surface area contributed by atoms with Gasteiger partial charge in [0, 0.05) is 50.4 Å². The summed E-state index contributed by atoms with van der Waals surface area (Å²) in [6.07, 6.45) is 5.76. The first kappa shape index (κ1) is 15.1. The Balaban J connectivity index is 1.34. The molecule has 0 aromatic heterocycles. The van der Waals surface area contributed by atoms with E-state index in [1.54, 1.807) is 12.1 Å². The van der Waals surface area contributed by atoms with Crippen LogP contribution in [0.25, 0.3) is 0 Å². The summed E-state index contributed by atoms with van der Waals surface area (Å²) in [5.41, 5.74) is 1.09. The Labute approximate surface area is 137 Å². The first-order valence-electron chi connectivity index (χ1n) is 8.89. The summed E-state index contributed by atoms with van der Waals surface area (Å²) in [6.45, 7) is 4.99. The van der Waals surface area contributed by atoms with Crippen LogP contribution in [0.5, 0.6) is 0 Å². The second kappa shape index (κ2) is 6.21. The fourth-order valence-corrected chi connectivity index (χ4v) is 4.98. The van der Waals surface area contributed by atoms with Crippen LogP contribution in [-0.2, 0) is 6.54 Å². The summed E-state index contributed by atoms with van der Waals surface area (Å²) >= 11 is 0. The Hall–Kier alpha value is -1.46. The van der Waals surface area contributed by atoms with Gasteiger partial charge in [0.25, 0.3) is 5.69 Å². The molecular weight excluding hydrogens is 290 g/mol. The fourth-order valence-electron chi connectivity index (χ4n) is 4.98. The summed E-state index contributed by atoms with van der Waals surface area (Å²) < 4.78 is 0. The lowest BCUT2D eigenvalue weighted by Crippen LogP contribution is -2.51. The largest absolute Gasteiger partial charge is 0.298 e. The lowest BCUT2D eigenvalue weighted by Gasteiger charge is -2.41. The second-order valence-corrected chi connectivity index (χ2v) is 7.44. The van der Waals surface area contributed by atoms with Gasteiger partial charge >= 0.3 is 0 Å². The SMILES string of the molecule is O=[N+]([O-])c1ccccc1CN1CCN([C@H]2C[C@@H]3CC[C@@H]2C3)CC1. The summed E-state index contributed by atoms with van der Waals surface area (Å²) in [7, 11) is 0. The monoisotopic (exact) mass is 315 g/mol. The predicted molar refractivity (Wildman–Crippen MR) is 89.2 cm³/mol. The van der Waals surface area contributed by atoms with Crippen molar-refractivity contribution in [3.63, 3.8) is 0 Å². The van der Waals surface area contributed by atoms with Gasteiger partial charge in [0.2, 0.25) is 0 Å². The predicted octanol–water partition coefficient (Wildman–Crippen LogP) is 2.90. The molecule has 5 nitrogen and oxygen atoms in total. The van der Waals surface area contributed by atoms with Gasteiger partial charge in [0.15, 0.2) is 0 Å². The quantitative estimate of drug-likeness (QED) is 0.633. The van der Waals surface area contributed by atoms with Crippen molar-refractivity contribution in [2.24, 2.45) is 11.8 Å². The molecule has 2 aliphatic carbocycles. The van der Waals surface area contributed by atoms with E-state index < -0.39 is 0 Å². The molecule has 0 unspecified atom stereocenters. The van der Waals surface area contributed by atoms with Gasteiger partial charge < -0.3 is 0 Å². The van der Waals surface area contributed by atoms with Crippen molar-refractivity contribution < 1.29 is 4.92 Å². The van der Waals surface area contributed by atoms with Crippen molar-refractivity contribution in [2.45, 2.75) is 38.3 Å². The molecule has 3 fully saturated rings. The number of hydrogen-bond donors (Lipinski definition) is 0. The first-order chi connectivity index (χ1) is 11.2. The van der Waals surface area contributed by atoms with E-state index in [1.807, 2.05) is 12.1 Å². The minimum Gasteiger partial charge on any atom is -0.298 e. The zero-order valence-corrected chi connectivity index (χ0v) is 13.6. The van der Waals surface area contributed by atoms with Crippen LogP contribution in [0.15, 0.2) is 24.3 Å². The summed E-state index contributed by atoms with van der Waals surface area (Å²) in [4.78, 5) is 15.9. The third-order valence-electron chi connectivity index (χ3n) is 6.16. The lowest BCUT2D eigenvalue weighted by atomic mass is 9.93. The van der Waals surface area contributed by atoms with Crippen LogP contribution >= 0.6 is 0 Å². The maximum absolute atomic E-state index is 11.1. The highest BCUT2D eigenvalue weighted by atomic mass is 16.6. The average molecular weight is 315 g/mol. The van der Waals surface area contributed by atoms with Crippen molar-refractivity contribution in [2.75, 3.05) is 26.2 Å². The zero-order valence-electron chi connectivity index (χ0n) is 13.6.